The molecule has 1 fully saturated rings. The molecule has 0 radical (unpaired) electrons. The summed E-state index contributed by atoms with van der Waals surface area (Å²) >= 11 is 0. The molecule has 1 amide bonds. The molecule has 1 unspecified atom stereocenters. The van der Waals surface area contributed by atoms with Gasteiger partial charge in [-0.05, 0) is 32.3 Å². The van der Waals surface area contributed by atoms with Crippen molar-refractivity contribution in [1.29, 1.82) is 0 Å². The molecule has 1 N–H and O–H groups in total. The van der Waals surface area contributed by atoms with E-state index >= 15 is 0 Å². The third-order valence-corrected chi connectivity index (χ3v) is 3.52. The fourth-order valence-electron chi connectivity index (χ4n) is 2.22. The van der Waals surface area contributed by atoms with Gasteiger partial charge in [0.05, 0.1) is 0 Å². The van der Waals surface area contributed by atoms with E-state index < -0.39 is 12.0 Å². The van der Waals surface area contributed by atoms with E-state index in [-0.39, 0.29) is 11.9 Å². The molecule has 1 aromatic heterocycles. The van der Waals surface area contributed by atoms with Gasteiger partial charge in [-0.2, -0.15) is 5.10 Å². The summed E-state index contributed by atoms with van der Waals surface area (Å²) < 4.78 is 1.73. The van der Waals surface area contributed by atoms with Crippen molar-refractivity contribution in [3.8, 4) is 0 Å². The average Bonchev–Trinajstić information content (AvgIpc) is 3.10. The van der Waals surface area contributed by atoms with E-state index in [1.807, 2.05) is 13.1 Å². The van der Waals surface area contributed by atoms with Crippen LogP contribution in [0.5, 0.6) is 0 Å². The van der Waals surface area contributed by atoms with Gasteiger partial charge in [0, 0.05) is 31.4 Å². The molecule has 0 bridgehead atoms. The predicted molar refractivity (Wildman–Crippen MR) is 68.5 cm³/mol. The topological polar surface area (TPSA) is 75.4 Å². The van der Waals surface area contributed by atoms with Crippen LogP contribution in [0.1, 0.15) is 31.9 Å². The number of amides is 1. The zero-order valence-corrected chi connectivity index (χ0v) is 11.2. The number of carbonyl (C=O) groups is 2. The quantitative estimate of drug-likeness (QED) is 0.826. The molecule has 1 saturated carbocycles. The van der Waals surface area contributed by atoms with E-state index in [1.54, 1.807) is 17.8 Å². The van der Waals surface area contributed by atoms with Gasteiger partial charge < -0.3 is 10.0 Å². The first-order chi connectivity index (χ1) is 9.00. The van der Waals surface area contributed by atoms with Gasteiger partial charge in [-0.1, -0.05) is 0 Å². The van der Waals surface area contributed by atoms with Gasteiger partial charge in [-0.3, -0.25) is 9.48 Å². The highest BCUT2D eigenvalue weighted by atomic mass is 16.4. The van der Waals surface area contributed by atoms with Gasteiger partial charge >= 0.3 is 5.97 Å². The fourth-order valence-corrected chi connectivity index (χ4v) is 2.22. The Labute approximate surface area is 112 Å². The second-order valence-corrected chi connectivity index (χ2v) is 4.99. The van der Waals surface area contributed by atoms with Gasteiger partial charge in [-0.15, -0.1) is 0 Å². The zero-order valence-electron chi connectivity index (χ0n) is 11.2. The molecule has 2 rings (SSSR count). The lowest BCUT2D eigenvalue weighted by atomic mass is 10.2. The number of rotatable bonds is 6. The van der Waals surface area contributed by atoms with Crippen LogP contribution in [-0.2, 0) is 23.1 Å². The van der Waals surface area contributed by atoms with Crippen LogP contribution in [0.25, 0.3) is 0 Å². The number of carboxylic acids is 1. The number of nitrogens with zero attached hydrogens (tertiary/aromatic N) is 3. The van der Waals surface area contributed by atoms with Crippen molar-refractivity contribution in [1.82, 2.24) is 14.7 Å². The maximum absolute atomic E-state index is 12.2. The first-order valence-corrected chi connectivity index (χ1v) is 6.51. The number of aryl methyl sites for hydroxylation is 2. The van der Waals surface area contributed by atoms with Crippen molar-refractivity contribution in [3.05, 3.63) is 18.0 Å². The van der Waals surface area contributed by atoms with Crippen molar-refractivity contribution in [3.63, 3.8) is 0 Å². The number of carboxylic acid groups (broad SMARTS) is 1. The summed E-state index contributed by atoms with van der Waals surface area (Å²) in [6.45, 7) is 1.57. The minimum absolute atomic E-state index is 0.0846. The fraction of sp³-hybridized carbons (Fsp3) is 0.615. The lowest BCUT2D eigenvalue weighted by Gasteiger charge is -2.26. The van der Waals surface area contributed by atoms with E-state index in [1.165, 1.54) is 4.90 Å². The van der Waals surface area contributed by atoms with Crippen LogP contribution < -0.4 is 0 Å². The third-order valence-electron chi connectivity index (χ3n) is 3.52. The second-order valence-electron chi connectivity index (χ2n) is 4.99. The third kappa shape index (κ3) is 3.13. The van der Waals surface area contributed by atoms with Gasteiger partial charge in [-0.25, -0.2) is 4.79 Å². The van der Waals surface area contributed by atoms with Gasteiger partial charge in [0.1, 0.15) is 6.04 Å². The summed E-state index contributed by atoms with van der Waals surface area (Å²) in [5.41, 5.74) is 0.979. The van der Waals surface area contributed by atoms with E-state index in [4.69, 9.17) is 5.11 Å². The molecule has 1 aliphatic carbocycles. The van der Waals surface area contributed by atoms with E-state index in [2.05, 4.69) is 5.10 Å². The maximum Gasteiger partial charge on any atom is 0.326 e. The molecule has 1 atom stereocenters. The molecule has 1 aromatic rings. The number of aromatic nitrogens is 2. The van der Waals surface area contributed by atoms with Crippen LogP contribution in [0.4, 0.5) is 0 Å². The highest BCUT2D eigenvalue weighted by Crippen LogP contribution is 2.29. The van der Waals surface area contributed by atoms with Crippen molar-refractivity contribution >= 4 is 11.9 Å². The Morgan fingerprint density at radius 1 is 1.58 bits per heavy atom. The standard InChI is InChI=1S/C13H19N3O3/c1-9(13(18)19)16(11-3-4-11)12(17)6-5-10-7-8-14-15(10)2/h7-9,11H,3-6H2,1-2H3,(H,18,19). The van der Waals surface area contributed by atoms with Crippen molar-refractivity contribution < 1.29 is 14.7 Å². The van der Waals surface area contributed by atoms with Crippen LogP contribution in [0.3, 0.4) is 0 Å². The molecule has 0 aromatic carbocycles. The Hall–Kier alpha value is -1.85. The van der Waals surface area contributed by atoms with Crippen LogP contribution >= 0.6 is 0 Å². The molecular weight excluding hydrogens is 246 g/mol. The summed E-state index contributed by atoms with van der Waals surface area (Å²) in [7, 11) is 1.83. The average molecular weight is 265 g/mol. The van der Waals surface area contributed by atoms with E-state index in [9.17, 15) is 9.59 Å². The van der Waals surface area contributed by atoms with Gasteiger partial charge in [0.25, 0.3) is 0 Å². The molecule has 1 aliphatic rings. The number of aliphatic carboxylic acids is 1. The van der Waals surface area contributed by atoms with Crippen molar-refractivity contribution in [2.45, 2.75) is 44.7 Å². The summed E-state index contributed by atoms with van der Waals surface area (Å²) in [6.07, 6.45) is 4.43. The van der Waals surface area contributed by atoms with Crippen molar-refractivity contribution in [2.75, 3.05) is 0 Å². The molecular formula is C13H19N3O3. The smallest absolute Gasteiger partial charge is 0.326 e. The molecule has 19 heavy (non-hydrogen) atoms. The molecule has 6 nitrogen and oxygen atoms in total. The van der Waals surface area contributed by atoms with Crippen LogP contribution in [0.15, 0.2) is 12.3 Å². The number of hydrogen-bond donors (Lipinski definition) is 1. The SMILES string of the molecule is CC(C(=O)O)N(C(=O)CCc1ccnn1C)C1CC1. The molecule has 0 saturated heterocycles. The molecule has 104 valence electrons. The minimum Gasteiger partial charge on any atom is -0.480 e. The Balaban J connectivity index is 1.96. The monoisotopic (exact) mass is 265 g/mol. The highest BCUT2D eigenvalue weighted by Gasteiger charge is 2.37. The van der Waals surface area contributed by atoms with Gasteiger partial charge in [0.2, 0.25) is 5.91 Å². The normalized spacial score (nSPS) is 16.1. The first-order valence-electron chi connectivity index (χ1n) is 6.51. The van der Waals surface area contributed by atoms with Crippen molar-refractivity contribution in [2.24, 2.45) is 7.05 Å². The Morgan fingerprint density at radius 2 is 2.26 bits per heavy atom. The van der Waals surface area contributed by atoms with Gasteiger partial charge in [0.15, 0.2) is 0 Å². The lowest BCUT2D eigenvalue weighted by molar-refractivity contribution is -0.150. The predicted octanol–water partition coefficient (Wildman–Crippen LogP) is 0.817. The number of hydrogen-bond acceptors (Lipinski definition) is 3. The molecule has 6 heteroatoms. The zero-order chi connectivity index (χ0) is 14.0. The first kappa shape index (κ1) is 13.6. The Morgan fingerprint density at radius 3 is 2.74 bits per heavy atom. The van der Waals surface area contributed by atoms with Crippen LogP contribution in [0.2, 0.25) is 0 Å². The Kier molecular flexibility index (Phi) is 3.87. The lowest BCUT2D eigenvalue weighted by Crippen LogP contribution is -2.44. The molecule has 0 spiro atoms. The minimum atomic E-state index is -0.944. The molecule has 0 aliphatic heterocycles. The van der Waals surface area contributed by atoms with E-state index in [0.29, 0.717) is 12.8 Å². The second kappa shape index (κ2) is 5.42. The summed E-state index contributed by atoms with van der Waals surface area (Å²) in [4.78, 5) is 24.8. The van der Waals surface area contributed by atoms with E-state index in [0.717, 1.165) is 18.5 Å². The Bertz CT molecular complexity index is 479. The maximum atomic E-state index is 12.2. The van der Waals surface area contributed by atoms with Crippen LogP contribution in [0, 0.1) is 0 Å². The summed E-state index contributed by atoms with van der Waals surface area (Å²) in [6, 6.07) is 1.24. The highest BCUT2D eigenvalue weighted by molar-refractivity contribution is 5.84. The number of carbonyl (C=O) groups excluding carboxylic acids is 1. The van der Waals surface area contributed by atoms with Crippen LogP contribution in [-0.4, -0.2) is 43.7 Å². The molecule has 1 heterocycles. The summed E-state index contributed by atoms with van der Waals surface area (Å²) in [5, 5.41) is 13.1. The largest absolute Gasteiger partial charge is 0.480 e. The summed E-state index contributed by atoms with van der Waals surface area (Å²) in [5.74, 6) is -1.03.